The van der Waals surface area contributed by atoms with Gasteiger partial charge in [0.15, 0.2) is 0 Å². The van der Waals surface area contributed by atoms with Gasteiger partial charge in [-0.3, -0.25) is 4.79 Å². The molecule has 0 spiro atoms. The first-order valence-corrected chi connectivity index (χ1v) is 7.32. The van der Waals surface area contributed by atoms with E-state index in [0.29, 0.717) is 11.8 Å². The van der Waals surface area contributed by atoms with Crippen LogP contribution in [0.15, 0.2) is 24.3 Å². The first-order chi connectivity index (χ1) is 9.27. The summed E-state index contributed by atoms with van der Waals surface area (Å²) in [5, 5.41) is 3.35. The van der Waals surface area contributed by atoms with E-state index in [1.165, 1.54) is 11.1 Å². The lowest BCUT2D eigenvalue weighted by Crippen LogP contribution is -2.35. The van der Waals surface area contributed by atoms with E-state index in [1.807, 2.05) is 0 Å². The van der Waals surface area contributed by atoms with Crippen LogP contribution in [0, 0.1) is 12.8 Å². The van der Waals surface area contributed by atoms with Crippen molar-refractivity contribution in [2.24, 2.45) is 5.92 Å². The quantitative estimate of drug-likeness (QED) is 0.908. The minimum absolute atomic E-state index is 0. The molecule has 3 rings (SSSR count). The summed E-state index contributed by atoms with van der Waals surface area (Å²) >= 11 is 0. The van der Waals surface area contributed by atoms with Gasteiger partial charge in [-0.15, -0.1) is 12.4 Å². The molecule has 2 atom stereocenters. The van der Waals surface area contributed by atoms with Crippen molar-refractivity contribution >= 4 is 18.3 Å². The number of carbonyl (C=O) groups excluding carboxylic acids is 1. The number of hydrogen-bond donors (Lipinski definition) is 1. The highest BCUT2D eigenvalue weighted by molar-refractivity contribution is 5.85. The number of nitrogens with zero attached hydrogens (tertiary/aromatic N) is 1. The van der Waals surface area contributed by atoms with Gasteiger partial charge in [-0.1, -0.05) is 24.3 Å². The predicted octanol–water partition coefficient (Wildman–Crippen LogP) is 2.34. The second kappa shape index (κ2) is 6.59. The second-order valence-electron chi connectivity index (χ2n) is 5.73. The second-order valence-corrected chi connectivity index (χ2v) is 5.73. The molecule has 2 aliphatic rings. The molecule has 1 N–H and O–H groups in total. The first-order valence-electron chi connectivity index (χ1n) is 7.32. The molecule has 1 aliphatic carbocycles. The van der Waals surface area contributed by atoms with Crippen molar-refractivity contribution in [3.8, 4) is 0 Å². The molecule has 0 aromatic heterocycles. The Hall–Kier alpha value is -1.06. The highest BCUT2D eigenvalue weighted by Gasteiger charge is 2.46. The number of aryl methyl sites for hydroxylation is 1. The fourth-order valence-corrected chi connectivity index (χ4v) is 3.12. The summed E-state index contributed by atoms with van der Waals surface area (Å²) < 4.78 is 0. The Kier molecular flexibility index (Phi) is 5.06. The molecule has 1 aliphatic heterocycles. The molecule has 2 unspecified atom stereocenters. The van der Waals surface area contributed by atoms with Gasteiger partial charge in [0.1, 0.15) is 0 Å². The van der Waals surface area contributed by atoms with Crippen LogP contribution in [-0.4, -0.2) is 37.0 Å². The van der Waals surface area contributed by atoms with E-state index in [4.69, 9.17) is 0 Å². The van der Waals surface area contributed by atoms with Crippen LogP contribution in [0.25, 0.3) is 0 Å². The number of rotatable bonds is 2. The topological polar surface area (TPSA) is 32.3 Å². The van der Waals surface area contributed by atoms with Crippen LogP contribution >= 0.6 is 12.4 Å². The predicted molar refractivity (Wildman–Crippen MR) is 83.3 cm³/mol. The average Bonchev–Trinajstić information content (AvgIpc) is 3.22. The zero-order chi connectivity index (χ0) is 13.2. The summed E-state index contributed by atoms with van der Waals surface area (Å²) in [4.78, 5) is 14.6. The van der Waals surface area contributed by atoms with Gasteiger partial charge < -0.3 is 10.2 Å². The number of benzene rings is 1. The molecule has 20 heavy (non-hydrogen) atoms. The van der Waals surface area contributed by atoms with Gasteiger partial charge in [0.05, 0.1) is 0 Å². The normalized spacial score (nSPS) is 25.6. The van der Waals surface area contributed by atoms with Crippen molar-refractivity contribution in [2.45, 2.75) is 25.7 Å². The van der Waals surface area contributed by atoms with E-state index >= 15 is 0 Å². The Bertz CT molecular complexity index is 469. The Labute approximate surface area is 127 Å². The van der Waals surface area contributed by atoms with Gasteiger partial charge >= 0.3 is 0 Å². The Balaban J connectivity index is 0.00000147. The largest absolute Gasteiger partial charge is 0.341 e. The molecule has 1 saturated carbocycles. The maximum absolute atomic E-state index is 12.5. The minimum Gasteiger partial charge on any atom is -0.341 e. The molecule has 0 radical (unpaired) electrons. The highest BCUT2D eigenvalue weighted by atomic mass is 35.5. The molecular formula is C16H23ClN2O. The van der Waals surface area contributed by atoms with E-state index in [0.717, 1.165) is 39.0 Å². The summed E-state index contributed by atoms with van der Waals surface area (Å²) in [5.74, 6) is 1.07. The van der Waals surface area contributed by atoms with Gasteiger partial charge in [-0.2, -0.15) is 0 Å². The van der Waals surface area contributed by atoms with Crippen molar-refractivity contribution in [1.29, 1.82) is 0 Å². The Morgan fingerprint density at radius 2 is 2.05 bits per heavy atom. The van der Waals surface area contributed by atoms with Gasteiger partial charge in [0.25, 0.3) is 0 Å². The molecule has 0 bridgehead atoms. The number of hydrogen-bond acceptors (Lipinski definition) is 2. The van der Waals surface area contributed by atoms with Crippen LogP contribution < -0.4 is 5.32 Å². The molecule has 3 nitrogen and oxygen atoms in total. The average molecular weight is 295 g/mol. The minimum atomic E-state index is 0. The third-order valence-electron chi connectivity index (χ3n) is 4.35. The van der Waals surface area contributed by atoms with Crippen LogP contribution in [0.3, 0.4) is 0 Å². The standard InChI is InChI=1S/C16H22N2O.ClH/c1-12-5-2-3-6-13(12)14-11-15(14)16(19)18-9-4-7-17-8-10-18;/h2-3,5-6,14-15,17H,4,7-11H2,1H3;1H. The summed E-state index contributed by atoms with van der Waals surface area (Å²) in [6, 6.07) is 8.47. The van der Waals surface area contributed by atoms with Crippen molar-refractivity contribution < 1.29 is 4.79 Å². The molecule has 110 valence electrons. The fourth-order valence-electron chi connectivity index (χ4n) is 3.12. The molecule has 1 amide bonds. The third-order valence-corrected chi connectivity index (χ3v) is 4.35. The van der Waals surface area contributed by atoms with Crippen LogP contribution in [0.4, 0.5) is 0 Å². The molecule has 1 saturated heterocycles. The highest BCUT2D eigenvalue weighted by Crippen LogP contribution is 2.49. The Morgan fingerprint density at radius 3 is 2.85 bits per heavy atom. The lowest BCUT2D eigenvalue weighted by molar-refractivity contribution is -0.132. The maximum atomic E-state index is 12.5. The lowest BCUT2D eigenvalue weighted by atomic mass is 10.0. The van der Waals surface area contributed by atoms with Crippen LogP contribution in [0.2, 0.25) is 0 Å². The smallest absolute Gasteiger partial charge is 0.226 e. The number of nitrogens with one attached hydrogen (secondary N) is 1. The van der Waals surface area contributed by atoms with Gasteiger partial charge in [0.2, 0.25) is 5.91 Å². The van der Waals surface area contributed by atoms with E-state index in [2.05, 4.69) is 41.4 Å². The van der Waals surface area contributed by atoms with Crippen molar-refractivity contribution in [2.75, 3.05) is 26.2 Å². The van der Waals surface area contributed by atoms with Crippen LogP contribution in [0.5, 0.6) is 0 Å². The summed E-state index contributed by atoms with van der Waals surface area (Å²) in [6.45, 7) is 5.91. The van der Waals surface area contributed by atoms with Gasteiger partial charge in [-0.25, -0.2) is 0 Å². The van der Waals surface area contributed by atoms with E-state index in [1.54, 1.807) is 0 Å². The van der Waals surface area contributed by atoms with Crippen LogP contribution in [0.1, 0.15) is 29.9 Å². The summed E-state index contributed by atoms with van der Waals surface area (Å²) in [7, 11) is 0. The molecule has 1 aromatic rings. The molecular weight excluding hydrogens is 272 g/mol. The van der Waals surface area contributed by atoms with Gasteiger partial charge in [0, 0.05) is 25.6 Å². The summed E-state index contributed by atoms with van der Waals surface area (Å²) in [5.41, 5.74) is 2.69. The number of amides is 1. The lowest BCUT2D eigenvalue weighted by Gasteiger charge is -2.20. The van der Waals surface area contributed by atoms with Gasteiger partial charge in [-0.05, 0) is 43.4 Å². The fraction of sp³-hybridized carbons (Fsp3) is 0.562. The first kappa shape index (κ1) is 15.3. The van der Waals surface area contributed by atoms with Crippen molar-refractivity contribution in [3.63, 3.8) is 0 Å². The van der Waals surface area contributed by atoms with E-state index < -0.39 is 0 Å². The Morgan fingerprint density at radius 1 is 1.25 bits per heavy atom. The zero-order valence-electron chi connectivity index (χ0n) is 12.0. The number of carbonyl (C=O) groups is 1. The molecule has 4 heteroatoms. The SMILES string of the molecule is Cc1ccccc1C1CC1C(=O)N1CCCNCC1.Cl. The van der Waals surface area contributed by atoms with Crippen molar-refractivity contribution in [1.82, 2.24) is 10.2 Å². The van der Waals surface area contributed by atoms with E-state index in [-0.39, 0.29) is 18.3 Å². The molecule has 1 aromatic carbocycles. The monoisotopic (exact) mass is 294 g/mol. The number of halogens is 1. The van der Waals surface area contributed by atoms with Crippen LogP contribution in [-0.2, 0) is 4.79 Å². The zero-order valence-corrected chi connectivity index (χ0v) is 12.8. The molecule has 1 heterocycles. The van der Waals surface area contributed by atoms with E-state index in [9.17, 15) is 4.79 Å². The molecule has 2 fully saturated rings. The maximum Gasteiger partial charge on any atom is 0.226 e. The van der Waals surface area contributed by atoms with Crippen molar-refractivity contribution in [3.05, 3.63) is 35.4 Å². The third kappa shape index (κ3) is 3.15. The summed E-state index contributed by atoms with van der Waals surface area (Å²) in [6.07, 6.45) is 2.11.